The standard InChI is InChI=1S/C20H22N4O6/c25-16(26)6-5-15(20(29)30)23-18(27)13-3-1-12(2-4-13)8-10-24-11-22-17-14(19(24)28)7-9-21-17/h1-4,7,9,11,15,19,21,28H,5-6,8,10H2,(H,23,27)(H,25,26)(H,29,30)/t15-,19?/m1/s1. The Morgan fingerprint density at radius 3 is 2.57 bits per heavy atom. The van der Waals surface area contributed by atoms with Gasteiger partial charge in [0.05, 0.1) is 6.34 Å². The third-order valence-corrected chi connectivity index (χ3v) is 4.81. The molecule has 0 saturated carbocycles. The maximum Gasteiger partial charge on any atom is 0.326 e. The van der Waals surface area contributed by atoms with Gasteiger partial charge in [0.25, 0.3) is 5.91 Å². The van der Waals surface area contributed by atoms with E-state index in [0.717, 1.165) is 5.56 Å². The number of carbonyl (C=O) groups excluding carboxylic acids is 1. The van der Waals surface area contributed by atoms with E-state index in [2.05, 4.69) is 15.3 Å². The third kappa shape index (κ3) is 5.03. The molecule has 1 aliphatic rings. The maximum atomic E-state index is 12.3. The molecule has 30 heavy (non-hydrogen) atoms. The summed E-state index contributed by atoms with van der Waals surface area (Å²) < 4.78 is 0. The molecule has 0 fully saturated rings. The molecule has 1 unspecified atom stereocenters. The first-order valence-electron chi connectivity index (χ1n) is 9.35. The summed E-state index contributed by atoms with van der Waals surface area (Å²) in [5.41, 5.74) is 1.91. The highest BCUT2D eigenvalue weighted by Gasteiger charge is 2.23. The number of nitrogens with one attached hydrogen (secondary N) is 2. The van der Waals surface area contributed by atoms with Crippen molar-refractivity contribution in [2.24, 2.45) is 4.99 Å². The summed E-state index contributed by atoms with van der Waals surface area (Å²) in [6, 6.07) is 7.15. The average Bonchev–Trinajstić information content (AvgIpc) is 3.20. The van der Waals surface area contributed by atoms with Gasteiger partial charge in [-0.3, -0.25) is 9.59 Å². The molecule has 0 bridgehead atoms. The van der Waals surface area contributed by atoms with Crippen LogP contribution in [0.4, 0.5) is 5.82 Å². The minimum absolute atomic E-state index is 0.197. The second-order valence-electron chi connectivity index (χ2n) is 6.88. The Balaban J connectivity index is 1.55. The predicted molar refractivity (Wildman–Crippen MR) is 107 cm³/mol. The Labute approximate surface area is 171 Å². The van der Waals surface area contributed by atoms with Gasteiger partial charge >= 0.3 is 11.9 Å². The summed E-state index contributed by atoms with van der Waals surface area (Å²) in [4.78, 5) is 43.0. The number of carboxylic acid groups (broad SMARTS) is 2. The fraction of sp³-hybridized carbons (Fsp3) is 0.300. The highest BCUT2D eigenvalue weighted by molar-refractivity contribution is 5.96. The SMILES string of the molecule is O=C(O)CC[C@@H](NC(=O)c1ccc(CCN2C=Nc3[nH]ccc3C2O)cc1)C(=O)O. The highest BCUT2D eigenvalue weighted by Crippen LogP contribution is 2.29. The van der Waals surface area contributed by atoms with E-state index in [9.17, 15) is 19.5 Å². The Kier molecular flexibility index (Phi) is 6.48. The van der Waals surface area contributed by atoms with Gasteiger partial charge in [0.15, 0.2) is 6.23 Å². The number of rotatable bonds is 9. The number of amides is 1. The van der Waals surface area contributed by atoms with Crippen LogP contribution in [-0.2, 0) is 16.0 Å². The Hall–Kier alpha value is -3.66. The first-order valence-corrected chi connectivity index (χ1v) is 9.35. The number of aliphatic hydroxyl groups is 1. The molecule has 1 aliphatic heterocycles. The number of hydrogen-bond acceptors (Lipinski definition) is 6. The molecule has 10 heteroatoms. The summed E-state index contributed by atoms with van der Waals surface area (Å²) in [6.45, 7) is 0.511. The normalized spacial score (nSPS) is 16.0. The number of aliphatic carboxylic acids is 2. The van der Waals surface area contributed by atoms with Crippen molar-refractivity contribution in [3.8, 4) is 0 Å². The van der Waals surface area contributed by atoms with E-state index < -0.39 is 30.1 Å². The largest absolute Gasteiger partial charge is 0.481 e. The summed E-state index contributed by atoms with van der Waals surface area (Å²) in [6.07, 6.45) is 2.56. The second-order valence-corrected chi connectivity index (χ2v) is 6.88. The number of aromatic nitrogens is 1. The number of carboxylic acids is 2. The summed E-state index contributed by atoms with van der Waals surface area (Å²) in [5, 5.41) is 30.6. The quantitative estimate of drug-likeness (QED) is 0.414. The Bertz CT molecular complexity index is 952. The van der Waals surface area contributed by atoms with E-state index >= 15 is 0 Å². The number of nitrogens with zero attached hydrogens (tertiary/aromatic N) is 2. The zero-order chi connectivity index (χ0) is 21.7. The van der Waals surface area contributed by atoms with Gasteiger partial charge in [0, 0.05) is 30.3 Å². The lowest BCUT2D eigenvalue weighted by Gasteiger charge is -2.28. The molecule has 1 aromatic heterocycles. The van der Waals surface area contributed by atoms with Crippen LogP contribution in [0.2, 0.25) is 0 Å². The van der Waals surface area contributed by atoms with Crippen molar-refractivity contribution in [3.63, 3.8) is 0 Å². The van der Waals surface area contributed by atoms with Gasteiger partial charge in [-0.1, -0.05) is 12.1 Å². The third-order valence-electron chi connectivity index (χ3n) is 4.81. The Morgan fingerprint density at radius 2 is 1.90 bits per heavy atom. The molecule has 158 valence electrons. The molecular formula is C20H22N4O6. The lowest BCUT2D eigenvalue weighted by atomic mass is 10.1. The van der Waals surface area contributed by atoms with Crippen molar-refractivity contribution < 1.29 is 29.7 Å². The van der Waals surface area contributed by atoms with Crippen LogP contribution in [0.1, 0.15) is 40.6 Å². The molecule has 3 rings (SSSR count). The van der Waals surface area contributed by atoms with Gasteiger partial charge in [-0.2, -0.15) is 0 Å². The topological polar surface area (TPSA) is 155 Å². The Morgan fingerprint density at radius 1 is 1.17 bits per heavy atom. The van der Waals surface area contributed by atoms with Crippen LogP contribution in [0.5, 0.6) is 0 Å². The number of carbonyl (C=O) groups is 3. The smallest absolute Gasteiger partial charge is 0.326 e. The van der Waals surface area contributed by atoms with Gasteiger partial charge in [0.2, 0.25) is 0 Å². The lowest BCUT2D eigenvalue weighted by molar-refractivity contribution is -0.140. The number of benzene rings is 1. The first-order chi connectivity index (χ1) is 14.3. The molecule has 2 heterocycles. The minimum atomic E-state index is -1.28. The van der Waals surface area contributed by atoms with Crippen molar-refractivity contribution >= 4 is 30.0 Å². The first kappa shape index (κ1) is 21.1. The van der Waals surface area contributed by atoms with Crippen molar-refractivity contribution in [2.75, 3.05) is 6.54 Å². The van der Waals surface area contributed by atoms with Crippen LogP contribution < -0.4 is 5.32 Å². The number of aliphatic hydroxyl groups excluding tert-OH is 1. The van der Waals surface area contributed by atoms with Gasteiger partial charge in [-0.05, 0) is 36.6 Å². The highest BCUT2D eigenvalue weighted by atomic mass is 16.4. The molecule has 2 aromatic rings. The molecule has 1 amide bonds. The average molecular weight is 414 g/mol. The summed E-state index contributed by atoms with van der Waals surface area (Å²) >= 11 is 0. The van der Waals surface area contributed by atoms with E-state index in [1.165, 1.54) is 0 Å². The van der Waals surface area contributed by atoms with Crippen LogP contribution in [0.3, 0.4) is 0 Å². The maximum absolute atomic E-state index is 12.3. The predicted octanol–water partition coefficient (Wildman–Crippen LogP) is 1.27. The number of H-pyrrole nitrogens is 1. The molecule has 5 N–H and O–H groups in total. The van der Waals surface area contributed by atoms with Crippen LogP contribution in [-0.4, -0.2) is 62.0 Å². The van der Waals surface area contributed by atoms with Crippen LogP contribution in [0.15, 0.2) is 41.5 Å². The molecular weight excluding hydrogens is 392 g/mol. The number of aromatic amines is 1. The van der Waals surface area contributed by atoms with Crippen LogP contribution >= 0.6 is 0 Å². The monoisotopic (exact) mass is 414 g/mol. The van der Waals surface area contributed by atoms with E-state index in [-0.39, 0.29) is 18.4 Å². The molecule has 2 atom stereocenters. The van der Waals surface area contributed by atoms with E-state index in [1.807, 2.05) is 0 Å². The molecule has 0 saturated heterocycles. The van der Waals surface area contributed by atoms with Gasteiger partial charge in [-0.15, -0.1) is 0 Å². The number of aliphatic imine (C=N–C) groups is 1. The van der Waals surface area contributed by atoms with Crippen molar-refractivity contribution in [3.05, 3.63) is 53.2 Å². The molecule has 1 aromatic carbocycles. The van der Waals surface area contributed by atoms with Crippen molar-refractivity contribution in [1.29, 1.82) is 0 Å². The van der Waals surface area contributed by atoms with Gasteiger partial charge in [-0.25, -0.2) is 9.79 Å². The van der Waals surface area contributed by atoms with Crippen molar-refractivity contribution in [1.82, 2.24) is 15.2 Å². The number of fused-ring (bicyclic) bond motifs is 1. The fourth-order valence-electron chi connectivity index (χ4n) is 3.09. The molecule has 0 aliphatic carbocycles. The molecule has 0 radical (unpaired) electrons. The second kappa shape index (κ2) is 9.23. The van der Waals surface area contributed by atoms with E-state index in [4.69, 9.17) is 10.2 Å². The van der Waals surface area contributed by atoms with Crippen LogP contribution in [0.25, 0.3) is 0 Å². The molecule has 10 nitrogen and oxygen atoms in total. The van der Waals surface area contributed by atoms with Crippen LogP contribution in [0, 0.1) is 0 Å². The van der Waals surface area contributed by atoms with E-state index in [1.54, 1.807) is 47.8 Å². The zero-order valence-corrected chi connectivity index (χ0v) is 16.0. The minimum Gasteiger partial charge on any atom is -0.481 e. The van der Waals surface area contributed by atoms with Crippen molar-refractivity contribution in [2.45, 2.75) is 31.5 Å². The zero-order valence-electron chi connectivity index (χ0n) is 16.0. The fourth-order valence-corrected chi connectivity index (χ4v) is 3.09. The summed E-state index contributed by atoms with van der Waals surface area (Å²) in [5.74, 6) is -2.36. The van der Waals surface area contributed by atoms with Gasteiger partial charge < -0.3 is 30.5 Å². The lowest BCUT2D eigenvalue weighted by Crippen LogP contribution is -2.41. The van der Waals surface area contributed by atoms with E-state index in [0.29, 0.717) is 24.3 Å². The molecule has 0 spiro atoms. The van der Waals surface area contributed by atoms with Gasteiger partial charge in [0.1, 0.15) is 11.9 Å². The summed E-state index contributed by atoms with van der Waals surface area (Å²) in [7, 11) is 0. The number of hydrogen-bond donors (Lipinski definition) is 5.